The smallest absolute Gasteiger partial charge is 0.303 e. The molecule has 2 N–H and O–H groups in total. The van der Waals surface area contributed by atoms with Crippen molar-refractivity contribution in [1.29, 1.82) is 0 Å². The van der Waals surface area contributed by atoms with Crippen LogP contribution in [0.1, 0.15) is 40.0 Å². The number of aliphatic carboxylic acids is 1. The van der Waals surface area contributed by atoms with Crippen LogP contribution in [0, 0.1) is 5.92 Å². The first kappa shape index (κ1) is 15.0. The van der Waals surface area contributed by atoms with E-state index in [1.807, 2.05) is 25.7 Å². The van der Waals surface area contributed by atoms with Crippen molar-refractivity contribution in [3.8, 4) is 0 Å². The standard InChI is InChI=1S/C13H24N2O3/c1-4-14-13(2,3)12(18)15-7-5-10(6-8-15)9-11(16)17/h10,14H,4-9H2,1-3H3,(H,16,17). The molecule has 5 heteroatoms. The molecule has 1 saturated heterocycles. The van der Waals surface area contributed by atoms with Gasteiger partial charge in [0.25, 0.3) is 0 Å². The van der Waals surface area contributed by atoms with Crippen LogP contribution in [0.3, 0.4) is 0 Å². The molecule has 0 bridgehead atoms. The maximum Gasteiger partial charge on any atom is 0.303 e. The molecule has 1 rings (SSSR count). The van der Waals surface area contributed by atoms with Gasteiger partial charge >= 0.3 is 5.97 Å². The molecule has 0 aromatic rings. The second kappa shape index (κ2) is 6.18. The number of likely N-dealkylation sites (N-methyl/N-ethyl adjacent to an activating group) is 1. The number of carboxylic acid groups (broad SMARTS) is 1. The van der Waals surface area contributed by atoms with E-state index in [1.165, 1.54) is 0 Å². The number of nitrogens with zero attached hydrogens (tertiary/aromatic N) is 1. The molecule has 0 radical (unpaired) electrons. The van der Waals surface area contributed by atoms with E-state index in [9.17, 15) is 9.59 Å². The number of nitrogens with one attached hydrogen (secondary N) is 1. The second-order valence-electron chi connectivity index (χ2n) is 5.49. The van der Waals surface area contributed by atoms with Crippen LogP contribution in [0.15, 0.2) is 0 Å². The molecule has 0 saturated carbocycles. The number of amides is 1. The summed E-state index contributed by atoms with van der Waals surface area (Å²) in [5.74, 6) is -0.417. The molecule has 0 aliphatic carbocycles. The van der Waals surface area contributed by atoms with Gasteiger partial charge < -0.3 is 15.3 Å². The van der Waals surface area contributed by atoms with E-state index in [1.54, 1.807) is 0 Å². The molecule has 1 fully saturated rings. The largest absolute Gasteiger partial charge is 0.481 e. The molecule has 0 atom stereocenters. The van der Waals surface area contributed by atoms with Gasteiger partial charge in [-0.1, -0.05) is 6.92 Å². The van der Waals surface area contributed by atoms with Crippen molar-refractivity contribution in [3.63, 3.8) is 0 Å². The number of likely N-dealkylation sites (tertiary alicyclic amines) is 1. The summed E-state index contributed by atoms with van der Waals surface area (Å²) in [5, 5.41) is 11.9. The molecule has 1 aliphatic heterocycles. The van der Waals surface area contributed by atoms with Gasteiger partial charge in [0.1, 0.15) is 0 Å². The molecule has 104 valence electrons. The Kier molecular flexibility index (Phi) is 5.14. The lowest BCUT2D eigenvalue weighted by Crippen LogP contribution is -2.55. The number of carbonyl (C=O) groups excluding carboxylic acids is 1. The molecule has 1 amide bonds. The Morgan fingerprint density at radius 1 is 1.33 bits per heavy atom. The lowest BCUT2D eigenvalue weighted by Gasteiger charge is -2.37. The number of carbonyl (C=O) groups is 2. The van der Waals surface area contributed by atoms with E-state index in [-0.39, 0.29) is 18.2 Å². The van der Waals surface area contributed by atoms with Gasteiger partial charge in [0.15, 0.2) is 0 Å². The van der Waals surface area contributed by atoms with Crippen molar-refractivity contribution >= 4 is 11.9 Å². The van der Waals surface area contributed by atoms with Crippen LogP contribution in [0.2, 0.25) is 0 Å². The summed E-state index contributed by atoms with van der Waals surface area (Å²) in [6.07, 6.45) is 1.80. The molecular weight excluding hydrogens is 232 g/mol. The van der Waals surface area contributed by atoms with Crippen LogP contribution < -0.4 is 5.32 Å². The molecule has 1 heterocycles. The average Bonchev–Trinajstić information content (AvgIpc) is 2.28. The Morgan fingerprint density at radius 3 is 2.33 bits per heavy atom. The van der Waals surface area contributed by atoms with Gasteiger partial charge in [-0.05, 0) is 39.2 Å². The van der Waals surface area contributed by atoms with Crippen molar-refractivity contribution in [1.82, 2.24) is 10.2 Å². The second-order valence-corrected chi connectivity index (χ2v) is 5.49. The van der Waals surface area contributed by atoms with Crippen molar-refractivity contribution in [2.45, 2.75) is 45.6 Å². The zero-order valence-electron chi connectivity index (χ0n) is 11.5. The predicted octanol–water partition coefficient (Wildman–Crippen LogP) is 1.09. The molecule has 0 aromatic carbocycles. The quantitative estimate of drug-likeness (QED) is 0.772. The van der Waals surface area contributed by atoms with Gasteiger partial charge in [-0.2, -0.15) is 0 Å². The fourth-order valence-electron chi connectivity index (χ4n) is 2.50. The Labute approximate surface area is 109 Å². The highest BCUT2D eigenvalue weighted by molar-refractivity contribution is 5.85. The minimum absolute atomic E-state index is 0.109. The van der Waals surface area contributed by atoms with E-state index in [2.05, 4.69) is 5.32 Å². The first-order valence-electron chi connectivity index (χ1n) is 6.63. The van der Waals surface area contributed by atoms with Gasteiger partial charge in [-0.15, -0.1) is 0 Å². The van der Waals surface area contributed by atoms with Crippen molar-refractivity contribution < 1.29 is 14.7 Å². The van der Waals surface area contributed by atoms with Crippen molar-refractivity contribution in [2.75, 3.05) is 19.6 Å². The Hall–Kier alpha value is -1.10. The third kappa shape index (κ3) is 3.98. The van der Waals surface area contributed by atoms with E-state index in [4.69, 9.17) is 5.11 Å². The molecule has 1 aliphatic rings. The number of carboxylic acids is 1. The van der Waals surface area contributed by atoms with Gasteiger partial charge in [0, 0.05) is 19.5 Å². The van der Waals surface area contributed by atoms with E-state index in [0.29, 0.717) is 13.1 Å². The Morgan fingerprint density at radius 2 is 1.89 bits per heavy atom. The van der Waals surface area contributed by atoms with E-state index >= 15 is 0 Å². The number of rotatable bonds is 5. The lowest BCUT2D eigenvalue weighted by molar-refractivity contribution is -0.140. The Bertz CT molecular complexity index is 307. The molecule has 0 unspecified atom stereocenters. The fraction of sp³-hybridized carbons (Fsp3) is 0.846. The summed E-state index contributed by atoms with van der Waals surface area (Å²) in [6, 6.07) is 0. The van der Waals surface area contributed by atoms with Crippen LogP contribution >= 0.6 is 0 Å². The topological polar surface area (TPSA) is 69.6 Å². The zero-order chi connectivity index (χ0) is 13.8. The maximum absolute atomic E-state index is 12.3. The molecule has 18 heavy (non-hydrogen) atoms. The van der Waals surface area contributed by atoms with Crippen LogP contribution in [0.5, 0.6) is 0 Å². The van der Waals surface area contributed by atoms with Gasteiger partial charge in [0.2, 0.25) is 5.91 Å². The summed E-state index contributed by atoms with van der Waals surface area (Å²) in [6.45, 7) is 7.86. The highest BCUT2D eigenvalue weighted by atomic mass is 16.4. The number of hydrogen-bond acceptors (Lipinski definition) is 3. The molecular formula is C13H24N2O3. The third-order valence-electron chi connectivity index (χ3n) is 3.52. The first-order chi connectivity index (χ1) is 8.36. The zero-order valence-corrected chi connectivity index (χ0v) is 11.5. The molecule has 0 spiro atoms. The summed E-state index contributed by atoms with van der Waals surface area (Å²) in [4.78, 5) is 24.8. The lowest BCUT2D eigenvalue weighted by atomic mass is 9.92. The fourth-order valence-corrected chi connectivity index (χ4v) is 2.50. The first-order valence-corrected chi connectivity index (χ1v) is 6.63. The van der Waals surface area contributed by atoms with Gasteiger partial charge in [0.05, 0.1) is 5.54 Å². The van der Waals surface area contributed by atoms with Gasteiger partial charge in [-0.3, -0.25) is 9.59 Å². The minimum Gasteiger partial charge on any atom is -0.481 e. The van der Waals surface area contributed by atoms with Crippen LogP contribution in [0.4, 0.5) is 0 Å². The van der Waals surface area contributed by atoms with Crippen LogP contribution in [-0.4, -0.2) is 47.1 Å². The summed E-state index contributed by atoms with van der Waals surface area (Å²) >= 11 is 0. The Balaban J connectivity index is 2.47. The number of piperidine rings is 1. The highest BCUT2D eigenvalue weighted by Gasteiger charge is 2.33. The van der Waals surface area contributed by atoms with Crippen LogP contribution in [-0.2, 0) is 9.59 Å². The van der Waals surface area contributed by atoms with E-state index < -0.39 is 11.5 Å². The van der Waals surface area contributed by atoms with Crippen LogP contribution in [0.25, 0.3) is 0 Å². The summed E-state index contributed by atoms with van der Waals surface area (Å²) in [5.41, 5.74) is -0.533. The normalized spacial score (nSPS) is 17.8. The average molecular weight is 256 g/mol. The summed E-state index contributed by atoms with van der Waals surface area (Å²) < 4.78 is 0. The SMILES string of the molecule is CCNC(C)(C)C(=O)N1CCC(CC(=O)O)CC1. The van der Waals surface area contributed by atoms with Crippen molar-refractivity contribution in [2.24, 2.45) is 5.92 Å². The van der Waals surface area contributed by atoms with E-state index in [0.717, 1.165) is 19.4 Å². The highest BCUT2D eigenvalue weighted by Crippen LogP contribution is 2.22. The maximum atomic E-state index is 12.3. The van der Waals surface area contributed by atoms with Crippen molar-refractivity contribution in [3.05, 3.63) is 0 Å². The summed E-state index contributed by atoms with van der Waals surface area (Å²) in [7, 11) is 0. The third-order valence-corrected chi connectivity index (χ3v) is 3.52. The monoisotopic (exact) mass is 256 g/mol. The van der Waals surface area contributed by atoms with Gasteiger partial charge in [-0.25, -0.2) is 0 Å². The number of hydrogen-bond donors (Lipinski definition) is 2. The molecule has 0 aromatic heterocycles. The minimum atomic E-state index is -0.743. The molecule has 5 nitrogen and oxygen atoms in total. The predicted molar refractivity (Wildman–Crippen MR) is 69.3 cm³/mol.